The first-order valence-corrected chi connectivity index (χ1v) is 9.45. The molecule has 2 aliphatic rings. The highest BCUT2D eigenvalue weighted by molar-refractivity contribution is 5.85. The van der Waals surface area contributed by atoms with E-state index in [4.69, 9.17) is 4.74 Å². The van der Waals surface area contributed by atoms with Gasteiger partial charge in [0.1, 0.15) is 17.7 Å². The molecule has 1 saturated heterocycles. The second kappa shape index (κ2) is 8.41. The van der Waals surface area contributed by atoms with E-state index in [-0.39, 0.29) is 24.3 Å². The molecule has 0 spiro atoms. The molecule has 0 radical (unpaired) electrons. The monoisotopic (exact) mass is 375 g/mol. The largest absolute Gasteiger partial charge is 0.489 e. The number of fused-ring (bicyclic) bond motifs is 1. The van der Waals surface area contributed by atoms with E-state index in [1.54, 1.807) is 12.1 Å². The highest BCUT2D eigenvalue weighted by atomic mass is 35.5. The molecule has 0 N–H and O–H groups in total. The molecule has 140 valence electrons. The fraction of sp³-hybridized carbons (Fsp3) is 0.455. The maximum atomic E-state index is 13.1. The Hall–Kier alpha value is -1.58. The molecule has 1 aliphatic heterocycles. The lowest BCUT2D eigenvalue weighted by molar-refractivity contribution is 0.0580. The smallest absolute Gasteiger partial charge is 0.123 e. The lowest BCUT2D eigenvalue weighted by Gasteiger charge is -2.39. The summed E-state index contributed by atoms with van der Waals surface area (Å²) in [6.45, 7) is 4.47. The second-order valence-corrected chi connectivity index (χ2v) is 7.42. The summed E-state index contributed by atoms with van der Waals surface area (Å²) in [6.07, 6.45) is 4.87. The number of halogens is 2. The number of ether oxygens (including phenoxy) is 1. The van der Waals surface area contributed by atoms with Crippen molar-refractivity contribution in [3.05, 3.63) is 65.5 Å². The van der Waals surface area contributed by atoms with Crippen molar-refractivity contribution in [2.45, 2.75) is 50.7 Å². The van der Waals surface area contributed by atoms with Crippen LogP contribution in [0.15, 0.2) is 48.5 Å². The summed E-state index contributed by atoms with van der Waals surface area (Å²) in [5.74, 6) is 1.18. The van der Waals surface area contributed by atoms with Gasteiger partial charge in [-0.1, -0.05) is 24.3 Å². The molecule has 0 saturated carbocycles. The van der Waals surface area contributed by atoms with Crippen molar-refractivity contribution in [1.82, 2.24) is 4.90 Å². The Morgan fingerprint density at radius 2 is 1.85 bits per heavy atom. The number of piperidine rings is 1. The summed E-state index contributed by atoms with van der Waals surface area (Å²) in [7, 11) is 0. The van der Waals surface area contributed by atoms with Gasteiger partial charge in [0.05, 0.1) is 0 Å². The van der Waals surface area contributed by atoms with Crippen molar-refractivity contribution in [1.29, 1.82) is 0 Å². The van der Waals surface area contributed by atoms with Crippen LogP contribution in [-0.4, -0.2) is 30.1 Å². The number of aryl methyl sites for hydroxylation is 1. The van der Waals surface area contributed by atoms with Crippen LogP contribution in [0.1, 0.15) is 43.2 Å². The van der Waals surface area contributed by atoms with Crippen LogP contribution < -0.4 is 4.74 Å². The molecule has 3 atom stereocenters. The summed E-state index contributed by atoms with van der Waals surface area (Å²) in [5.41, 5.74) is 3.06. The van der Waals surface area contributed by atoms with Crippen LogP contribution in [0.3, 0.4) is 0 Å². The average Bonchev–Trinajstić information content (AvgIpc) is 3.07. The van der Waals surface area contributed by atoms with Gasteiger partial charge in [0.2, 0.25) is 0 Å². The fourth-order valence-corrected chi connectivity index (χ4v) is 4.48. The van der Waals surface area contributed by atoms with E-state index >= 15 is 0 Å². The molecule has 0 aromatic heterocycles. The number of likely N-dealkylation sites (tertiary alicyclic amines) is 1. The average molecular weight is 376 g/mol. The van der Waals surface area contributed by atoms with Crippen LogP contribution >= 0.6 is 12.4 Å². The van der Waals surface area contributed by atoms with Crippen molar-refractivity contribution in [3.8, 4) is 5.75 Å². The Morgan fingerprint density at radius 1 is 1.08 bits per heavy atom. The third kappa shape index (κ3) is 4.05. The first-order chi connectivity index (χ1) is 12.2. The highest BCUT2D eigenvalue weighted by Gasteiger charge is 2.33. The zero-order chi connectivity index (χ0) is 17.2. The van der Waals surface area contributed by atoms with Gasteiger partial charge in [-0.3, -0.25) is 4.90 Å². The number of hydrogen-bond donors (Lipinski definition) is 0. The van der Waals surface area contributed by atoms with Gasteiger partial charge < -0.3 is 4.74 Å². The van der Waals surface area contributed by atoms with Crippen LogP contribution in [0, 0.1) is 5.82 Å². The minimum atomic E-state index is -0.217. The molecule has 2 aromatic rings. The van der Waals surface area contributed by atoms with Gasteiger partial charge in [-0.2, -0.15) is 0 Å². The molecule has 4 heteroatoms. The molecule has 1 heterocycles. The maximum Gasteiger partial charge on any atom is 0.123 e. The fourth-order valence-electron chi connectivity index (χ4n) is 4.48. The van der Waals surface area contributed by atoms with Crippen LogP contribution in [0.2, 0.25) is 0 Å². The second-order valence-electron chi connectivity index (χ2n) is 7.42. The van der Waals surface area contributed by atoms with E-state index < -0.39 is 0 Å². The summed E-state index contributed by atoms with van der Waals surface area (Å²) in [5, 5.41) is 0. The van der Waals surface area contributed by atoms with Crippen LogP contribution in [0.4, 0.5) is 4.39 Å². The summed E-state index contributed by atoms with van der Waals surface area (Å²) in [6, 6.07) is 15.8. The van der Waals surface area contributed by atoms with Gasteiger partial charge in [0.15, 0.2) is 0 Å². The van der Waals surface area contributed by atoms with Gasteiger partial charge in [-0.15, -0.1) is 12.4 Å². The molecule has 1 fully saturated rings. The molecule has 2 aromatic carbocycles. The zero-order valence-corrected chi connectivity index (χ0v) is 16.1. The Balaban J connectivity index is 0.00000196. The molecule has 0 bridgehead atoms. The van der Waals surface area contributed by atoms with Crippen LogP contribution in [0.5, 0.6) is 5.75 Å². The quantitative estimate of drug-likeness (QED) is 0.727. The summed E-state index contributed by atoms with van der Waals surface area (Å²) < 4.78 is 19.2. The van der Waals surface area contributed by atoms with Crippen molar-refractivity contribution in [2.75, 3.05) is 13.1 Å². The number of hydrogen-bond acceptors (Lipinski definition) is 2. The van der Waals surface area contributed by atoms with Gasteiger partial charge >= 0.3 is 0 Å². The minimum Gasteiger partial charge on any atom is -0.489 e. The van der Waals surface area contributed by atoms with E-state index in [0.29, 0.717) is 12.0 Å². The van der Waals surface area contributed by atoms with Crippen molar-refractivity contribution in [3.63, 3.8) is 0 Å². The zero-order valence-electron chi connectivity index (χ0n) is 15.2. The first kappa shape index (κ1) is 19.2. The van der Waals surface area contributed by atoms with E-state index in [1.807, 2.05) is 0 Å². The number of benzene rings is 2. The molecule has 1 aliphatic carbocycles. The first-order valence-electron chi connectivity index (χ1n) is 9.45. The SMILES string of the molecule is CC(C1CCc2ccccc21)N1CCC[C@H](Oc2ccc(F)cc2)C1.Cl. The van der Waals surface area contributed by atoms with Gasteiger partial charge in [0, 0.05) is 12.6 Å². The van der Waals surface area contributed by atoms with Crippen molar-refractivity contribution in [2.24, 2.45) is 0 Å². The lowest BCUT2D eigenvalue weighted by atomic mass is 9.91. The van der Waals surface area contributed by atoms with Crippen LogP contribution in [-0.2, 0) is 6.42 Å². The van der Waals surface area contributed by atoms with Crippen LogP contribution in [0.25, 0.3) is 0 Å². The molecule has 2 unspecified atom stereocenters. The van der Waals surface area contributed by atoms with Gasteiger partial charge in [0.25, 0.3) is 0 Å². The highest BCUT2D eigenvalue weighted by Crippen LogP contribution is 2.38. The Kier molecular flexibility index (Phi) is 6.20. The Bertz CT molecular complexity index is 720. The van der Waals surface area contributed by atoms with E-state index in [1.165, 1.54) is 36.1 Å². The van der Waals surface area contributed by atoms with Gasteiger partial charge in [-0.05, 0) is 80.5 Å². The summed E-state index contributed by atoms with van der Waals surface area (Å²) in [4.78, 5) is 2.59. The molecular weight excluding hydrogens is 349 g/mol. The normalized spacial score (nSPS) is 23.8. The predicted octanol–water partition coefficient (Wildman–Crippen LogP) is 5.21. The maximum absolute atomic E-state index is 13.1. The molecule has 4 rings (SSSR count). The minimum absolute atomic E-state index is 0. The van der Waals surface area contributed by atoms with E-state index in [0.717, 1.165) is 31.7 Å². The molecular formula is C22H27ClFNO. The Morgan fingerprint density at radius 3 is 2.65 bits per heavy atom. The molecule has 2 nitrogen and oxygen atoms in total. The standard InChI is InChI=1S/C22H26FNO.ClH/c1-16(21-13-8-17-5-2-3-7-22(17)21)24-14-4-6-20(15-24)25-19-11-9-18(23)10-12-19;/h2-3,5,7,9-12,16,20-21H,4,6,8,13-15H2,1H3;1H/t16?,20-,21?;/m0./s1. The number of rotatable bonds is 4. The number of nitrogens with zero attached hydrogens (tertiary/aromatic N) is 1. The lowest BCUT2D eigenvalue weighted by Crippen LogP contribution is -2.47. The van der Waals surface area contributed by atoms with Gasteiger partial charge in [-0.25, -0.2) is 4.39 Å². The topological polar surface area (TPSA) is 12.5 Å². The Labute approximate surface area is 161 Å². The van der Waals surface area contributed by atoms with Crippen molar-refractivity contribution >= 4 is 12.4 Å². The van der Waals surface area contributed by atoms with E-state index in [2.05, 4.69) is 36.1 Å². The summed E-state index contributed by atoms with van der Waals surface area (Å²) >= 11 is 0. The predicted molar refractivity (Wildman–Crippen MR) is 106 cm³/mol. The molecule has 26 heavy (non-hydrogen) atoms. The van der Waals surface area contributed by atoms with E-state index in [9.17, 15) is 4.39 Å². The third-order valence-electron chi connectivity index (χ3n) is 5.86. The third-order valence-corrected chi connectivity index (χ3v) is 5.86. The van der Waals surface area contributed by atoms with Crippen molar-refractivity contribution < 1.29 is 9.13 Å². The molecule has 0 amide bonds.